The molecule has 7 nitrogen and oxygen atoms in total. The summed E-state index contributed by atoms with van der Waals surface area (Å²) >= 11 is 6.03. The second-order valence-corrected chi connectivity index (χ2v) is 14.8. The Balaban J connectivity index is 1.90. The summed E-state index contributed by atoms with van der Waals surface area (Å²) in [6.45, 7) is 7.71. The molecule has 0 spiro atoms. The van der Waals surface area contributed by atoms with Crippen molar-refractivity contribution in [3.8, 4) is 6.07 Å². The van der Waals surface area contributed by atoms with Gasteiger partial charge in [-0.25, -0.2) is 9.78 Å². The third kappa shape index (κ3) is 4.83. The van der Waals surface area contributed by atoms with Crippen LogP contribution in [0.2, 0.25) is 31.0 Å². The molecule has 0 aliphatic heterocycles. The van der Waals surface area contributed by atoms with Gasteiger partial charge in [0.05, 0.1) is 12.3 Å². The van der Waals surface area contributed by atoms with Crippen LogP contribution in [0.5, 0.6) is 0 Å². The minimum Gasteiger partial charge on any atom is -0.361 e. The Hall–Kier alpha value is -1.69. The molecule has 0 amide bonds. The zero-order valence-electron chi connectivity index (χ0n) is 16.8. The molecule has 2 atom stereocenters. The van der Waals surface area contributed by atoms with E-state index < -0.39 is 8.07 Å². The molecule has 2 unspecified atom stereocenters. The van der Waals surface area contributed by atoms with E-state index in [4.69, 9.17) is 21.6 Å². The monoisotopic (exact) mass is 421 g/mol. The average molecular weight is 422 g/mol. The van der Waals surface area contributed by atoms with Gasteiger partial charge in [-0.2, -0.15) is 10.2 Å². The van der Waals surface area contributed by atoms with Crippen LogP contribution in [0.4, 0.5) is 0 Å². The van der Waals surface area contributed by atoms with Gasteiger partial charge in [0.1, 0.15) is 12.2 Å². The van der Waals surface area contributed by atoms with Gasteiger partial charge < -0.3 is 4.74 Å². The summed E-state index contributed by atoms with van der Waals surface area (Å²) < 4.78 is 9.17. The molecule has 1 saturated carbocycles. The van der Waals surface area contributed by atoms with Crippen molar-refractivity contribution in [2.75, 3.05) is 6.61 Å². The number of aromatic nitrogens is 4. The third-order valence-corrected chi connectivity index (χ3v) is 7.28. The maximum absolute atomic E-state index is 13.2. The zero-order chi connectivity index (χ0) is 20.3. The fourth-order valence-corrected chi connectivity index (χ4v) is 4.72. The van der Waals surface area contributed by atoms with Crippen molar-refractivity contribution in [1.82, 2.24) is 19.1 Å². The van der Waals surface area contributed by atoms with E-state index in [1.807, 2.05) is 0 Å². The fourth-order valence-electron chi connectivity index (χ4n) is 3.84. The Kier molecular flexibility index (Phi) is 6.58. The van der Waals surface area contributed by atoms with E-state index in [9.17, 15) is 4.79 Å². The lowest BCUT2D eigenvalue weighted by molar-refractivity contribution is 0.0865. The smallest absolute Gasteiger partial charge is 0.332 e. The minimum atomic E-state index is -1.19. The number of fused-ring (bicyclic) bond motifs is 1. The lowest BCUT2D eigenvalue weighted by Crippen LogP contribution is -2.31. The zero-order valence-corrected chi connectivity index (χ0v) is 18.6. The van der Waals surface area contributed by atoms with E-state index >= 15 is 0 Å². The van der Waals surface area contributed by atoms with E-state index in [1.165, 1.54) is 0 Å². The molecule has 0 saturated heterocycles. The van der Waals surface area contributed by atoms with Gasteiger partial charge in [0.15, 0.2) is 5.65 Å². The van der Waals surface area contributed by atoms with E-state index in [2.05, 4.69) is 35.7 Å². The maximum Gasteiger partial charge on any atom is 0.332 e. The molecule has 1 aliphatic carbocycles. The van der Waals surface area contributed by atoms with E-state index in [0.717, 1.165) is 31.7 Å². The molecular weight excluding hydrogens is 394 g/mol. The molecule has 2 heterocycles. The first kappa shape index (κ1) is 21.0. The molecule has 2 aromatic heterocycles. The highest BCUT2D eigenvalue weighted by Crippen LogP contribution is 2.35. The number of hydrogen-bond donors (Lipinski definition) is 0. The van der Waals surface area contributed by atoms with Crippen molar-refractivity contribution >= 4 is 30.8 Å². The number of nitriles is 1. The Bertz CT molecular complexity index is 927. The van der Waals surface area contributed by atoms with Gasteiger partial charge in [0.25, 0.3) is 0 Å². The molecule has 1 aliphatic rings. The van der Waals surface area contributed by atoms with Crippen molar-refractivity contribution in [3.05, 3.63) is 22.0 Å². The number of nitrogens with zero attached hydrogens (tertiary/aromatic N) is 5. The Morgan fingerprint density at radius 2 is 2.18 bits per heavy atom. The Morgan fingerprint density at radius 1 is 1.39 bits per heavy atom. The van der Waals surface area contributed by atoms with E-state index in [-0.39, 0.29) is 23.7 Å². The topological polar surface area (TPSA) is 85.7 Å². The average Bonchev–Trinajstić information content (AvgIpc) is 2.89. The standard InChI is InChI=1S/C19H28ClN5O2Si/c1-28(2,3)10-9-27-13-24-16-12-22-18(20)23-17(16)25(19(24)26)15-6-4-5-14(11-15)7-8-21/h12,14-15H,4-7,9-11,13H2,1-3H3. The number of imidazole rings is 1. The van der Waals surface area contributed by atoms with Crippen LogP contribution in [0.25, 0.3) is 11.2 Å². The molecule has 1 fully saturated rings. The summed E-state index contributed by atoms with van der Waals surface area (Å²) in [5.41, 5.74) is 1.06. The fraction of sp³-hybridized carbons (Fsp3) is 0.684. The van der Waals surface area contributed by atoms with Crippen molar-refractivity contribution in [2.24, 2.45) is 5.92 Å². The van der Waals surface area contributed by atoms with E-state index in [1.54, 1.807) is 15.3 Å². The summed E-state index contributed by atoms with van der Waals surface area (Å²) in [5, 5.41) is 9.17. The number of halogens is 1. The molecule has 0 radical (unpaired) electrons. The summed E-state index contributed by atoms with van der Waals surface area (Å²) in [5.74, 6) is 0.319. The van der Waals surface area contributed by atoms with Crippen LogP contribution < -0.4 is 5.69 Å². The van der Waals surface area contributed by atoms with E-state index in [0.29, 0.717) is 30.1 Å². The highest BCUT2D eigenvalue weighted by Gasteiger charge is 2.28. The lowest BCUT2D eigenvalue weighted by Gasteiger charge is -2.28. The normalized spacial score (nSPS) is 20.4. The van der Waals surface area contributed by atoms with Crippen molar-refractivity contribution in [2.45, 2.75) is 70.6 Å². The predicted octanol–water partition coefficient (Wildman–Crippen LogP) is 4.20. The highest BCUT2D eigenvalue weighted by molar-refractivity contribution is 6.76. The molecule has 152 valence electrons. The first-order valence-electron chi connectivity index (χ1n) is 9.88. The summed E-state index contributed by atoms with van der Waals surface area (Å²) in [4.78, 5) is 21.7. The van der Waals surface area contributed by atoms with Gasteiger partial charge in [0, 0.05) is 27.1 Å². The molecule has 0 N–H and O–H groups in total. The second kappa shape index (κ2) is 8.76. The van der Waals surface area contributed by atoms with Crippen LogP contribution in [-0.4, -0.2) is 33.8 Å². The number of rotatable bonds is 7. The summed E-state index contributed by atoms with van der Waals surface area (Å²) in [7, 11) is -1.19. The molecule has 0 aromatic carbocycles. The SMILES string of the molecule is C[Si](C)(C)CCOCn1c(=O)n(C2CCCC(CC#N)C2)c2nc(Cl)ncc21. The lowest BCUT2D eigenvalue weighted by atomic mass is 9.84. The predicted molar refractivity (Wildman–Crippen MR) is 112 cm³/mol. The molecule has 2 aromatic rings. The van der Waals surface area contributed by atoms with Crippen LogP contribution in [0.1, 0.15) is 38.1 Å². The van der Waals surface area contributed by atoms with Crippen LogP contribution in [0.3, 0.4) is 0 Å². The van der Waals surface area contributed by atoms with Crippen molar-refractivity contribution < 1.29 is 4.74 Å². The van der Waals surface area contributed by atoms with Crippen molar-refractivity contribution in [3.63, 3.8) is 0 Å². The Labute approximate surface area is 171 Å². The van der Waals surface area contributed by atoms with Crippen LogP contribution >= 0.6 is 11.6 Å². The van der Waals surface area contributed by atoms with Gasteiger partial charge in [-0.3, -0.25) is 9.13 Å². The number of hydrogen-bond acceptors (Lipinski definition) is 5. The first-order valence-corrected chi connectivity index (χ1v) is 14.0. The maximum atomic E-state index is 13.2. The Morgan fingerprint density at radius 3 is 2.89 bits per heavy atom. The highest BCUT2D eigenvalue weighted by atomic mass is 35.5. The molecule has 3 rings (SSSR count). The van der Waals surface area contributed by atoms with Crippen molar-refractivity contribution in [1.29, 1.82) is 5.26 Å². The van der Waals surface area contributed by atoms with Gasteiger partial charge in [-0.15, -0.1) is 0 Å². The first-order chi connectivity index (χ1) is 13.3. The van der Waals surface area contributed by atoms with Gasteiger partial charge >= 0.3 is 5.69 Å². The van der Waals surface area contributed by atoms with Crippen LogP contribution in [0, 0.1) is 17.2 Å². The van der Waals surface area contributed by atoms with Gasteiger partial charge in [0.2, 0.25) is 5.28 Å². The largest absolute Gasteiger partial charge is 0.361 e. The minimum absolute atomic E-state index is 0.0244. The third-order valence-electron chi connectivity index (χ3n) is 5.39. The quantitative estimate of drug-likeness (QED) is 0.379. The van der Waals surface area contributed by atoms with Gasteiger partial charge in [-0.05, 0) is 42.8 Å². The van der Waals surface area contributed by atoms with Crippen LogP contribution in [0.15, 0.2) is 11.0 Å². The molecule has 28 heavy (non-hydrogen) atoms. The summed E-state index contributed by atoms with van der Waals surface area (Å²) in [6, 6.07) is 3.33. The molecule has 0 bridgehead atoms. The molecule has 9 heteroatoms. The molecular formula is C19H28ClN5O2Si. The van der Waals surface area contributed by atoms with Gasteiger partial charge in [-0.1, -0.05) is 26.1 Å². The van der Waals surface area contributed by atoms with Crippen LogP contribution in [-0.2, 0) is 11.5 Å². The number of ether oxygens (including phenoxy) is 1. The second-order valence-electron chi connectivity index (χ2n) is 8.83. The summed E-state index contributed by atoms with van der Waals surface area (Å²) in [6.07, 6.45) is 5.87.